The molecule has 0 amide bonds. The molecule has 158 valence electrons. The van der Waals surface area contributed by atoms with Crippen LogP contribution in [0.5, 0.6) is 0 Å². The third kappa shape index (κ3) is 4.43. The van der Waals surface area contributed by atoms with Crippen molar-refractivity contribution in [2.24, 2.45) is 16.7 Å². The number of rotatable bonds is 3. The predicted octanol–water partition coefficient (Wildman–Crippen LogP) is 3.80. The molecule has 4 heteroatoms. The Morgan fingerprint density at radius 1 is 0.852 bits per heavy atom. The van der Waals surface area contributed by atoms with E-state index in [1.807, 2.05) is 0 Å². The Morgan fingerprint density at radius 2 is 1.26 bits per heavy atom. The second-order valence-electron chi connectivity index (χ2n) is 12.6. The molecule has 0 radical (unpaired) electrons. The van der Waals surface area contributed by atoms with Gasteiger partial charge in [0, 0.05) is 49.3 Å². The Kier molecular flexibility index (Phi) is 5.76. The minimum Gasteiger partial charge on any atom is -0.311 e. The van der Waals surface area contributed by atoms with Gasteiger partial charge < -0.3 is 5.32 Å². The molecule has 27 heavy (non-hydrogen) atoms. The number of piperidine rings is 2. The lowest BCUT2D eigenvalue weighted by molar-refractivity contribution is -0.176. The molecule has 0 aliphatic carbocycles. The Hall–Kier alpha value is -0.450. The zero-order valence-electron chi connectivity index (χ0n) is 19.9. The van der Waals surface area contributed by atoms with Crippen molar-refractivity contribution in [3.63, 3.8) is 0 Å². The average Bonchev–Trinajstić information content (AvgIpc) is 2.42. The van der Waals surface area contributed by atoms with Gasteiger partial charge in [-0.25, -0.2) is 0 Å². The van der Waals surface area contributed by atoms with Gasteiger partial charge in [0.2, 0.25) is 0 Å². The van der Waals surface area contributed by atoms with E-state index in [1.54, 1.807) is 0 Å². The number of Topliss-reactive ketones (excluding diaryl/α,β-unsaturated/α-hetero) is 1. The zero-order valence-corrected chi connectivity index (χ0v) is 19.9. The molecule has 0 spiro atoms. The first-order valence-corrected chi connectivity index (χ1v) is 10.7. The zero-order chi connectivity index (χ0) is 21.1. The first kappa shape index (κ1) is 22.8. The molecular formula is C23H45N3O. The standard InChI is InChI=1S/C23H45N3O/c1-17(2)23-15-25(20(6,7)8)13-22(18(23)27,12-24-19(3,4)5)14-26(16-23)21(9,10)11/h17,24H,12-16H2,1-11H3. The van der Waals surface area contributed by atoms with Gasteiger partial charge in [-0.05, 0) is 68.2 Å². The Labute approximate surface area is 168 Å². The molecule has 2 saturated heterocycles. The van der Waals surface area contributed by atoms with Crippen LogP contribution in [0.25, 0.3) is 0 Å². The van der Waals surface area contributed by atoms with Crippen LogP contribution in [0.1, 0.15) is 76.2 Å². The van der Waals surface area contributed by atoms with Crippen molar-refractivity contribution in [2.45, 2.75) is 92.8 Å². The van der Waals surface area contributed by atoms with Crippen LogP contribution in [-0.2, 0) is 4.79 Å². The van der Waals surface area contributed by atoms with Crippen LogP contribution < -0.4 is 5.32 Å². The Bertz CT molecular complexity index is 534. The number of ketones is 1. The molecule has 2 heterocycles. The van der Waals surface area contributed by atoms with E-state index in [-0.39, 0.29) is 27.4 Å². The van der Waals surface area contributed by atoms with Crippen molar-refractivity contribution in [1.29, 1.82) is 0 Å². The highest BCUT2D eigenvalue weighted by Crippen LogP contribution is 2.49. The second-order valence-corrected chi connectivity index (χ2v) is 12.6. The van der Waals surface area contributed by atoms with Gasteiger partial charge in [0.25, 0.3) is 0 Å². The van der Waals surface area contributed by atoms with Crippen LogP contribution in [-0.4, -0.2) is 64.9 Å². The summed E-state index contributed by atoms with van der Waals surface area (Å²) in [7, 11) is 0. The van der Waals surface area contributed by atoms with Crippen LogP contribution in [0.2, 0.25) is 0 Å². The molecule has 0 aromatic rings. The molecular weight excluding hydrogens is 334 g/mol. The Morgan fingerprint density at radius 3 is 1.56 bits per heavy atom. The molecule has 2 rings (SSSR count). The Balaban J connectivity index is 2.56. The van der Waals surface area contributed by atoms with E-state index in [0.717, 1.165) is 32.7 Å². The molecule has 2 bridgehead atoms. The fraction of sp³-hybridized carbons (Fsp3) is 0.957. The average molecular weight is 380 g/mol. The molecule has 2 aliphatic rings. The van der Waals surface area contributed by atoms with Crippen molar-refractivity contribution in [2.75, 3.05) is 32.7 Å². The number of hydrogen-bond acceptors (Lipinski definition) is 4. The van der Waals surface area contributed by atoms with Gasteiger partial charge in [-0.2, -0.15) is 0 Å². The van der Waals surface area contributed by atoms with Crippen LogP contribution in [0.15, 0.2) is 0 Å². The van der Waals surface area contributed by atoms with E-state index in [2.05, 4.69) is 91.3 Å². The van der Waals surface area contributed by atoms with E-state index in [0.29, 0.717) is 11.7 Å². The van der Waals surface area contributed by atoms with Crippen molar-refractivity contribution >= 4 is 5.78 Å². The molecule has 2 aliphatic heterocycles. The van der Waals surface area contributed by atoms with E-state index < -0.39 is 0 Å². The summed E-state index contributed by atoms with van der Waals surface area (Å²) in [6.45, 7) is 29.0. The minimum absolute atomic E-state index is 0.00351. The quantitative estimate of drug-likeness (QED) is 0.809. The first-order valence-electron chi connectivity index (χ1n) is 10.7. The molecule has 4 nitrogen and oxygen atoms in total. The van der Waals surface area contributed by atoms with Crippen molar-refractivity contribution in [3.8, 4) is 0 Å². The number of fused-ring (bicyclic) bond motifs is 2. The maximum absolute atomic E-state index is 14.1. The third-order valence-corrected chi connectivity index (χ3v) is 6.83. The topological polar surface area (TPSA) is 35.6 Å². The van der Waals surface area contributed by atoms with Gasteiger partial charge in [0.1, 0.15) is 0 Å². The molecule has 0 aromatic heterocycles. The number of carbonyl (C=O) groups excluding carboxylic acids is 1. The van der Waals surface area contributed by atoms with Crippen molar-refractivity contribution in [3.05, 3.63) is 0 Å². The van der Waals surface area contributed by atoms with Gasteiger partial charge in [-0.1, -0.05) is 13.8 Å². The van der Waals surface area contributed by atoms with E-state index >= 15 is 0 Å². The summed E-state index contributed by atoms with van der Waals surface area (Å²) in [6, 6.07) is 0. The van der Waals surface area contributed by atoms with Crippen molar-refractivity contribution in [1.82, 2.24) is 15.1 Å². The van der Waals surface area contributed by atoms with Crippen LogP contribution in [0.3, 0.4) is 0 Å². The lowest BCUT2D eigenvalue weighted by atomic mass is 9.57. The molecule has 0 unspecified atom stereocenters. The van der Waals surface area contributed by atoms with E-state index in [4.69, 9.17) is 0 Å². The van der Waals surface area contributed by atoms with Gasteiger partial charge in [0.05, 0.1) is 10.8 Å². The van der Waals surface area contributed by atoms with E-state index in [9.17, 15) is 4.79 Å². The summed E-state index contributed by atoms with van der Waals surface area (Å²) in [6.07, 6.45) is 0. The maximum atomic E-state index is 14.1. The van der Waals surface area contributed by atoms with Gasteiger partial charge >= 0.3 is 0 Å². The molecule has 1 N–H and O–H groups in total. The van der Waals surface area contributed by atoms with Gasteiger partial charge in [0.15, 0.2) is 5.78 Å². The van der Waals surface area contributed by atoms with Crippen LogP contribution in [0, 0.1) is 16.7 Å². The highest BCUT2D eigenvalue weighted by molar-refractivity contribution is 5.93. The van der Waals surface area contributed by atoms with Crippen molar-refractivity contribution < 1.29 is 4.79 Å². The minimum atomic E-state index is -0.353. The van der Waals surface area contributed by atoms with Gasteiger partial charge in [-0.3, -0.25) is 14.6 Å². The van der Waals surface area contributed by atoms with E-state index in [1.165, 1.54) is 0 Å². The predicted molar refractivity (Wildman–Crippen MR) is 115 cm³/mol. The monoisotopic (exact) mass is 379 g/mol. The SMILES string of the molecule is CC(C)C12CN(C(C)(C)C)CC(CNC(C)(C)C)(CN(C(C)(C)C)C1)C2=O. The fourth-order valence-corrected chi connectivity index (χ4v) is 4.64. The summed E-state index contributed by atoms with van der Waals surface area (Å²) in [5, 5.41) is 3.69. The number of hydrogen-bond donors (Lipinski definition) is 1. The van der Waals surface area contributed by atoms with Crippen LogP contribution >= 0.6 is 0 Å². The summed E-state index contributed by atoms with van der Waals surface area (Å²) in [5.74, 6) is 0.831. The lowest BCUT2D eigenvalue weighted by Gasteiger charge is -2.63. The fourth-order valence-electron chi connectivity index (χ4n) is 4.64. The molecule has 0 atom stereocenters. The van der Waals surface area contributed by atoms with Gasteiger partial charge in [-0.15, -0.1) is 0 Å². The highest BCUT2D eigenvalue weighted by atomic mass is 16.1. The molecule has 0 saturated carbocycles. The third-order valence-electron chi connectivity index (χ3n) is 6.83. The maximum Gasteiger partial charge on any atom is 0.151 e. The number of likely N-dealkylation sites (tertiary alicyclic amines) is 2. The highest BCUT2D eigenvalue weighted by Gasteiger charge is 2.62. The first-order chi connectivity index (χ1) is 11.9. The number of carbonyl (C=O) groups is 1. The summed E-state index contributed by atoms with van der Waals surface area (Å²) >= 11 is 0. The lowest BCUT2D eigenvalue weighted by Crippen LogP contribution is -2.76. The largest absolute Gasteiger partial charge is 0.311 e. The van der Waals surface area contributed by atoms with Crippen LogP contribution in [0.4, 0.5) is 0 Å². The summed E-state index contributed by atoms with van der Waals surface area (Å²) < 4.78 is 0. The molecule has 0 aromatic carbocycles. The normalized spacial score (nSPS) is 31.6. The summed E-state index contributed by atoms with van der Waals surface area (Å²) in [4.78, 5) is 19.2. The molecule has 2 fully saturated rings. The number of nitrogens with one attached hydrogen (secondary N) is 1. The summed E-state index contributed by atoms with van der Waals surface area (Å²) in [5.41, 5.74) is -0.510. The smallest absolute Gasteiger partial charge is 0.151 e. The number of nitrogens with zero attached hydrogens (tertiary/aromatic N) is 2. The second kappa shape index (κ2) is 6.81.